The van der Waals surface area contributed by atoms with E-state index in [-0.39, 0.29) is 6.61 Å². The zero-order valence-corrected chi connectivity index (χ0v) is 17.6. The van der Waals surface area contributed by atoms with Crippen LogP contribution in [0, 0.1) is 0 Å². The van der Waals surface area contributed by atoms with Gasteiger partial charge in [0.1, 0.15) is 12.4 Å². The molecular weight excluding hydrogens is 354 g/mol. The van der Waals surface area contributed by atoms with E-state index in [0.29, 0.717) is 25.1 Å². The van der Waals surface area contributed by atoms with E-state index in [4.69, 9.17) is 19.0 Å². The lowest BCUT2D eigenvalue weighted by Crippen LogP contribution is -2.49. The van der Waals surface area contributed by atoms with E-state index in [0.717, 1.165) is 5.46 Å². The van der Waals surface area contributed by atoms with E-state index < -0.39 is 19.2 Å². The maximum absolute atomic E-state index is 11.4. The molecule has 1 unspecified atom stereocenters. The summed E-state index contributed by atoms with van der Waals surface area (Å²) in [4.78, 5) is 0. The Morgan fingerprint density at radius 2 is 1.81 bits per heavy atom. The van der Waals surface area contributed by atoms with Crippen LogP contribution in [0.3, 0.4) is 0 Å². The van der Waals surface area contributed by atoms with Gasteiger partial charge in [-0.3, -0.25) is 0 Å². The zero-order chi connectivity index (χ0) is 20.2. The number of rotatable bonds is 10. The smallest absolute Gasteiger partial charge is 0.489 e. The Bertz CT molecular complexity index is 531. The molecule has 8 heteroatoms. The molecule has 0 bridgehead atoms. The van der Waals surface area contributed by atoms with E-state index in [9.17, 15) is 9.67 Å². The number of benzene rings is 1. The lowest BCUT2D eigenvalue weighted by atomic mass is 9.82. The van der Waals surface area contributed by atoms with Crippen molar-refractivity contribution in [1.82, 2.24) is 0 Å². The molecule has 147 valence electrons. The molecule has 0 fully saturated rings. The summed E-state index contributed by atoms with van der Waals surface area (Å²) in [6, 6.07) is 7.39. The maximum atomic E-state index is 11.4. The molecule has 1 atom stereocenters. The van der Waals surface area contributed by atoms with E-state index in [1.807, 2.05) is 45.0 Å². The first kappa shape index (κ1) is 25.0. The van der Waals surface area contributed by atoms with Crippen LogP contribution in [0.1, 0.15) is 41.5 Å². The second-order valence-electron chi connectivity index (χ2n) is 6.52. The van der Waals surface area contributed by atoms with E-state index in [2.05, 4.69) is 0 Å². The first-order valence-corrected chi connectivity index (χ1v) is 10.1. The summed E-state index contributed by atoms with van der Waals surface area (Å²) in [5.74, 6) is 0.670. The lowest BCUT2D eigenvalue weighted by Gasteiger charge is -2.37. The molecule has 26 heavy (non-hydrogen) atoms. The topological polar surface area (TPSA) is 85.2 Å². The molecule has 0 saturated carbocycles. The number of hydrogen-bond donors (Lipinski definition) is 2. The van der Waals surface area contributed by atoms with Crippen molar-refractivity contribution in [2.45, 2.75) is 52.7 Å². The maximum Gasteiger partial charge on any atom is 0.511 e. The zero-order valence-electron chi connectivity index (χ0n) is 16.7. The minimum atomic E-state index is -1.66. The number of ether oxygens (including phenoxy) is 1. The molecule has 2 N–H and O–H groups in total. The molecule has 1 aromatic carbocycles. The van der Waals surface area contributed by atoms with E-state index in [1.54, 1.807) is 28.3 Å². The summed E-state index contributed by atoms with van der Waals surface area (Å²) < 4.78 is 27.7. The van der Waals surface area contributed by atoms with Crippen LogP contribution in [-0.4, -0.2) is 54.9 Å². The summed E-state index contributed by atoms with van der Waals surface area (Å²) in [6.07, 6.45) is 0.360. The van der Waals surface area contributed by atoms with Gasteiger partial charge in [-0.1, -0.05) is 12.1 Å². The van der Waals surface area contributed by atoms with Crippen molar-refractivity contribution in [3.63, 3.8) is 0 Å². The van der Waals surface area contributed by atoms with Crippen molar-refractivity contribution in [2.24, 2.45) is 0 Å². The minimum absolute atomic E-state index is 0.250. The van der Waals surface area contributed by atoms with Gasteiger partial charge in [-0.25, -0.2) is 0 Å². The summed E-state index contributed by atoms with van der Waals surface area (Å²) in [6.45, 7) is 11.6. The monoisotopic (exact) mass is 386 g/mol. The molecule has 0 heterocycles. The first-order chi connectivity index (χ1) is 12.1. The van der Waals surface area contributed by atoms with Crippen molar-refractivity contribution in [1.29, 1.82) is 0 Å². The minimum Gasteiger partial charge on any atom is -0.489 e. The third-order valence-electron chi connectivity index (χ3n) is 3.64. The Hall–Kier alpha value is -0.975. The molecule has 0 spiro atoms. The Kier molecular flexibility index (Phi) is 12.0. The van der Waals surface area contributed by atoms with Crippen LogP contribution in [0.15, 0.2) is 24.3 Å². The molecule has 0 saturated heterocycles. The van der Waals surface area contributed by atoms with E-state index in [1.165, 1.54) is 0 Å². The van der Waals surface area contributed by atoms with Crippen LogP contribution in [0.4, 0.5) is 0 Å². The molecule has 0 aliphatic rings. The quantitative estimate of drug-likeness (QED) is 0.475. The summed E-state index contributed by atoms with van der Waals surface area (Å²) >= 11 is 0. The Labute approximate surface area is 159 Å². The average molecular weight is 386 g/mol. The highest BCUT2D eigenvalue weighted by Gasteiger charge is 2.35. The van der Waals surface area contributed by atoms with Crippen LogP contribution in [0.2, 0.25) is 0 Å². The Morgan fingerprint density at radius 1 is 1.19 bits per heavy atom. The Balaban J connectivity index is 0.00000194. The molecule has 0 aliphatic carbocycles. The highest BCUT2D eigenvalue weighted by atomic mass is 31.1. The summed E-state index contributed by atoms with van der Waals surface area (Å²) in [5.41, 5.74) is -0.865. The van der Waals surface area contributed by atoms with Gasteiger partial charge in [0.15, 0.2) is 0 Å². The van der Waals surface area contributed by atoms with Gasteiger partial charge in [0, 0.05) is 6.61 Å². The van der Waals surface area contributed by atoms with Crippen LogP contribution in [0.5, 0.6) is 5.75 Å². The molecule has 1 rings (SSSR count). The van der Waals surface area contributed by atoms with Gasteiger partial charge in [-0.2, -0.15) is 0 Å². The van der Waals surface area contributed by atoms with Crippen LogP contribution in [-0.2, 0) is 13.7 Å². The third kappa shape index (κ3) is 10.2. The largest absolute Gasteiger partial charge is 0.511 e. The fourth-order valence-corrected chi connectivity index (χ4v) is 2.14. The van der Waals surface area contributed by atoms with Crippen molar-refractivity contribution < 1.29 is 28.7 Å². The highest BCUT2D eigenvalue weighted by Crippen LogP contribution is 2.24. The van der Waals surface area contributed by atoms with Crippen LogP contribution < -0.4 is 10.2 Å². The molecule has 6 nitrogen and oxygen atoms in total. The van der Waals surface area contributed by atoms with Crippen molar-refractivity contribution in [3.05, 3.63) is 24.3 Å². The van der Waals surface area contributed by atoms with Gasteiger partial charge in [0.25, 0.3) is 0 Å². The predicted octanol–water partition coefficient (Wildman–Crippen LogP) is 2.65. The molecule has 0 aromatic heterocycles. The Morgan fingerprint density at radius 3 is 2.35 bits per heavy atom. The second-order valence-corrected chi connectivity index (χ2v) is 7.89. The number of hydrogen-bond acceptors (Lipinski definition) is 6. The molecule has 0 aliphatic heterocycles. The van der Waals surface area contributed by atoms with Crippen molar-refractivity contribution in [2.75, 3.05) is 26.0 Å². The second kappa shape index (κ2) is 12.4. The fourth-order valence-electron chi connectivity index (χ4n) is 1.48. The lowest BCUT2D eigenvalue weighted by molar-refractivity contribution is -0.0893. The van der Waals surface area contributed by atoms with Gasteiger partial charge in [-0.05, 0) is 63.7 Å². The van der Waals surface area contributed by atoms with Crippen LogP contribution in [0.25, 0.3) is 0 Å². The van der Waals surface area contributed by atoms with Gasteiger partial charge in [-0.15, -0.1) is 4.52 Å². The van der Waals surface area contributed by atoms with Crippen molar-refractivity contribution in [3.8, 4) is 5.75 Å². The number of aliphatic hydroxyl groups is 2. The summed E-state index contributed by atoms with van der Waals surface area (Å²) in [7, 11) is -0.0524. The van der Waals surface area contributed by atoms with E-state index >= 15 is 0 Å². The first-order valence-electron chi connectivity index (χ1n) is 8.72. The normalized spacial score (nSPS) is 12.1. The van der Waals surface area contributed by atoms with Gasteiger partial charge >= 0.3 is 15.5 Å². The number of aliphatic hydroxyl groups excluding tert-OH is 1. The fraction of sp³-hybridized carbons (Fsp3) is 0.667. The summed E-state index contributed by atoms with van der Waals surface area (Å²) in [5, 5.41) is 17.6. The van der Waals surface area contributed by atoms with Crippen molar-refractivity contribution >= 4 is 21.0 Å². The molecular formula is C18H32BO6P+. The third-order valence-corrected chi connectivity index (χ3v) is 4.73. The standard InChI is InChI=1S/C16H26BO5P.C2H6O/c1-6-21-23(19)11-10-20-14-9-7-8-13(12-14)17-22-16(4,5)15(2,3)18;1-2-3/h7-9,12,18H,6,10-11H2,1-5H3;3H,2H2,1H3/q+1;. The average Bonchev–Trinajstić information content (AvgIpc) is 2.53. The van der Waals surface area contributed by atoms with Crippen LogP contribution >= 0.6 is 8.03 Å². The highest BCUT2D eigenvalue weighted by molar-refractivity contribution is 7.39. The molecule has 0 amide bonds. The molecule has 1 aromatic rings. The van der Waals surface area contributed by atoms with Gasteiger partial charge in [0.05, 0.1) is 17.8 Å². The predicted molar refractivity (Wildman–Crippen MR) is 106 cm³/mol. The molecule has 1 radical (unpaired) electrons. The SMILES string of the molecule is CCO.CCO[P+](=O)CCOc1cccc([B]OC(C)(C)C(C)(C)O)c1. The van der Waals surface area contributed by atoms with Gasteiger partial charge < -0.3 is 19.6 Å². The van der Waals surface area contributed by atoms with Gasteiger partial charge in [0.2, 0.25) is 6.16 Å².